The fourth-order valence-electron chi connectivity index (χ4n) is 2.84. The Labute approximate surface area is 188 Å². The van der Waals surface area contributed by atoms with Crippen molar-refractivity contribution >= 4 is 17.6 Å². The predicted molar refractivity (Wildman–Crippen MR) is 115 cm³/mol. The number of amides is 3. The van der Waals surface area contributed by atoms with E-state index < -0.39 is 30.8 Å². The van der Waals surface area contributed by atoms with E-state index in [1.807, 2.05) is 6.07 Å². The van der Waals surface area contributed by atoms with Gasteiger partial charge >= 0.3 is 12.2 Å². The number of benzene rings is 2. The number of ether oxygens (including phenoxy) is 1. The van der Waals surface area contributed by atoms with Crippen LogP contribution in [0.4, 0.5) is 23.7 Å². The van der Waals surface area contributed by atoms with Crippen molar-refractivity contribution in [3.05, 3.63) is 90.1 Å². The van der Waals surface area contributed by atoms with Gasteiger partial charge in [-0.1, -0.05) is 48.5 Å². The van der Waals surface area contributed by atoms with Crippen LogP contribution in [0.5, 0.6) is 5.88 Å². The monoisotopic (exact) mass is 458 g/mol. The highest BCUT2D eigenvalue weighted by Crippen LogP contribution is 2.18. The fourth-order valence-corrected chi connectivity index (χ4v) is 2.84. The van der Waals surface area contributed by atoms with Gasteiger partial charge in [0.05, 0.1) is 0 Å². The first-order chi connectivity index (χ1) is 15.8. The summed E-state index contributed by atoms with van der Waals surface area (Å²) in [5, 5.41) is 7.96. The maximum Gasteiger partial charge on any atom is 0.422 e. The highest BCUT2D eigenvalue weighted by Gasteiger charge is 2.28. The van der Waals surface area contributed by atoms with Gasteiger partial charge in [-0.2, -0.15) is 13.2 Å². The van der Waals surface area contributed by atoms with Gasteiger partial charge in [0.25, 0.3) is 5.91 Å². The van der Waals surface area contributed by atoms with Crippen molar-refractivity contribution in [2.24, 2.45) is 0 Å². The molecule has 3 aromatic rings. The molecule has 0 spiro atoms. The maximum absolute atomic E-state index is 12.9. The molecule has 172 valence electrons. The largest absolute Gasteiger partial charge is 0.468 e. The third-order valence-corrected chi connectivity index (χ3v) is 4.35. The second-order valence-electron chi connectivity index (χ2n) is 6.93. The van der Waals surface area contributed by atoms with Crippen LogP contribution in [0.2, 0.25) is 0 Å². The lowest BCUT2D eigenvalue weighted by atomic mass is 10.1. The molecule has 3 rings (SSSR count). The molecule has 0 radical (unpaired) electrons. The lowest BCUT2D eigenvalue weighted by molar-refractivity contribution is -0.154. The van der Waals surface area contributed by atoms with E-state index in [4.69, 9.17) is 0 Å². The van der Waals surface area contributed by atoms with Crippen LogP contribution in [0.15, 0.2) is 79.0 Å². The normalized spacial score (nSPS) is 11.8. The van der Waals surface area contributed by atoms with E-state index in [1.165, 1.54) is 18.3 Å². The molecule has 0 fully saturated rings. The Morgan fingerprint density at radius 3 is 2.30 bits per heavy atom. The molecule has 2 aromatic carbocycles. The quantitative estimate of drug-likeness (QED) is 0.472. The number of nitrogens with one attached hydrogen (secondary N) is 3. The molecule has 0 saturated heterocycles. The SMILES string of the molecule is O=C(NCc1ccnc(OCC(F)(F)F)c1)NC(C(=O)Nc1ccccc1)c1ccccc1. The minimum atomic E-state index is -4.48. The molecule has 0 aliphatic carbocycles. The average molecular weight is 458 g/mol. The highest BCUT2D eigenvalue weighted by atomic mass is 19.4. The molecule has 33 heavy (non-hydrogen) atoms. The van der Waals surface area contributed by atoms with Crippen LogP contribution in [0.25, 0.3) is 0 Å². The minimum Gasteiger partial charge on any atom is -0.468 e. The molecule has 0 aliphatic rings. The summed E-state index contributed by atoms with van der Waals surface area (Å²) in [6.45, 7) is -1.48. The molecule has 0 bridgehead atoms. The molecule has 7 nitrogen and oxygen atoms in total. The molecule has 3 N–H and O–H groups in total. The van der Waals surface area contributed by atoms with E-state index in [2.05, 4.69) is 25.7 Å². The molecule has 0 saturated carbocycles. The molecule has 1 heterocycles. The molecule has 1 atom stereocenters. The van der Waals surface area contributed by atoms with Crippen molar-refractivity contribution in [2.75, 3.05) is 11.9 Å². The summed E-state index contributed by atoms with van der Waals surface area (Å²) < 4.78 is 41.5. The smallest absolute Gasteiger partial charge is 0.422 e. The lowest BCUT2D eigenvalue weighted by Crippen LogP contribution is -2.42. The Hall–Kier alpha value is -4.08. The van der Waals surface area contributed by atoms with Gasteiger partial charge in [-0.15, -0.1) is 0 Å². The molecule has 1 unspecified atom stereocenters. The molecule has 10 heteroatoms. The summed E-state index contributed by atoms with van der Waals surface area (Å²) in [7, 11) is 0. The van der Waals surface area contributed by atoms with E-state index in [1.54, 1.807) is 54.6 Å². The number of urea groups is 1. The van der Waals surface area contributed by atoms with E-state index in [-0.39, 0.29) is 12.4 Å². The van der Waals surface area contributed by atoms with E-state index in [9.17, 15) is 22.8 Å². The van der Waals surface area contributed by atoms with E-state index in [0.717, 1.165) is 0 Å². The summed E-state index contributed by atoms with van der Waals surface area (Å²) in [6, 6.07) is 18.7. The van der Waals surface area contributed by atoms with Crippen LogP contribution in [0, 0.1) is 0 Å². The lowest BCUT2D eigenvalue weighted by Gasteiger charge is -2.19. The zero-order valence-electron chi connectivity index (χ0n) is 17.3. The molecule has 1 aromatic heterocycles. The number of halogens is 3. The topological polar surface area (TPSA) is 92.3 Å². The Balaban J connectivity index is 1.62. The number of hydrogen-bond acceptors (Lipinski definition) is 4. The van der Waals surface area contributed by atoms with Crippen molar-refractivity contribution in [3.63, 3.8) is 0 Å². The average Bonchev–Trinajstić information content (AvgIpc) is 2.81. The predicted octanol–water partition coefficient (Wildman–Crippen LogP) is 4.20. The van der Waals surface area contributed by atoms with Gasteiger partial charge in [0.15, 0.2) is 6.61 Å². The van der Waals surface area contributed by atoms with Gasteiger partial charge in [0.1, 0.15) is 6.04 Å². The van der Waals surface area contributed by atoms with Crippen LogP contribution in [-0.2, 0) is 11.3 Å². The summed E-state index contributed by atoms with van der Waals surface area (Å²) in [5.41, 5.74) is 1.63. The third kappa shape index (κ3) is 7.84. The van der Waals surface area contributed by atoms with E-state index >= 15 is 0 Å². The maximum atomic E-state index is 12.9. The first-order valence-electron chi connectivity index (χ1n) is 9.90. The van der Waals surface area contributed by atoms with Crippen LogP contribution >= 0.6 is 0 Å². The van der Waals surface area contributed by atoms with Crippen molar-refractivity contribution < 1.29 is 27.5 Å². The van der Waals surface area contributed by atoms with Gasteiger partial charge in [0, 0.05) is 24.5 Å². The highest BCUT2D eigenvalue weighted by molar-refractivity contribution is 5.97. The molecule has 3 amide bonds. The number of aromatic nitrogens is 1. The summed E-state index contributed by atoms with van der Waals surface area (Å²) in [5.74, 6) is -0.647. The molecular weight excluding hydrogens is 437 g/mol. The Morgan fingerprint density at radius 2 is 1.64 bits per heavy atom. The second-order valence-corrected chi connectivity index (χ2v) is 6.93. The summed E-state index contributed by atoms with van der Waals surface area (Å²) >= 11 is 0. The number of alkyl halides is 3. The first-order valence-corrected chi connectivity index (χ1v) is 9.90. The van der Waals surface area contributed by atoms with Crippen molar-refractivity contribution in [2.45, 2.75) is 18.8 Å². The number of anilines is 1. The van der Waals surface area contributed by atoms with Gasteiger partial charge in [0.2, 0.25) is 5.88 Å². The standard InChI is InChI=1S/C23H21F3N4O3/c24-23(25,26)15-33-19-13-16(11-12-27-19)14-28-22(32)30-20(17-7-3-1-4-8-17)21(31)29-18-9-5-2-6-10-18/h1-13,20H,14-15H2,(H,29,31)(H2,28,30,32). The van der Waals surface area contributed by atoms with Crippen molar-refractivity contribution in [1.82, 2.24) is 15.6 Å². The van der Waals surface area contributed by atoms with Gasteiger partial charge in [-0.25, -0.2) is 9.78 Å². The second kappa shape index (κ2) is 11.0. The number of carbonyl (C=O) groups excluding carboxylic acids is 2. The number of carbonyl (C=O) groups is 2. The first kappa shape index (κ1) is 23.6. The zero-order valence-corrected chi connectivity index (χ0v) is 17.3. The Bertz CT molecular complexity index is 1060. The fraction of sp³-hybridized carbons (Fsp3) is 0.174. The van der Waals surface area contributed by atoms with Gasteiger partial charge in [-0.05, 0) is 29.3 Å². The van der Waals surface area contributed by atoms with Crippen LogP contribution in [0.1, 0.15) is 17.2 Å². The van der Waals surface area contributed by atoms with Crippen LogP contribution < -0.4 is 20.7 Å². The number of para-hydroxylation sites is 1. The Kier molecular flexibility index (Phi) is 7.85. The number of nitrogens with zero attached hydrogens (tertiary/aromatic N) is 1. The van der Waals surface area contributed by atoms with Crippen molar-refractivity contribution in [1.29, 1.82) is 0 Å². The molecular formula is C23H21F3N4O3. The Morgan fingerprint density at radius 1 is 0.970 bits per heavy atom. The number of pyridine rings is 1. The number of hydrogen-bond donors (Lipinski definition) is 3. The van der Waals surface area contributed by atoms with Gasteiger partial charge in [-0.3, -0.25) is 4.79 Å². The van der Waals surface area contributed by atoms with Crippen LogP contribution in [0.3, 0.4) is 0 Å². The molecule has 0 aliphatic heterocycles. The van der Waals surface area contributed by atoms with Crippen molar-refractivity contribution in [3.8, 4) is 5.88 Å². The number of rotatable bonds is 8. The zero-order chi connectivity index (χ0) is 23.7. The van der Waals surface area contributed by atoms with E-state index in [0.29, 0.717) is 16.8 Å². The summed E-state index contributed by atoms with van der Waals surface area (Å²) in [4.78, 5) is 29.1. The third-order valence-electron chi connectivity index (χ3n) is 4.35. The summed E-state index contributed by atoms with van der Waals surface area (Å²) in [6.07, 6.45) is -3.21. The minimum absolute atomic E-state index is 0.0153. The van der Waals surface area contributed by atoms with Gasteiger partial charge < -0.3 is 20.7 Å². The van der Waals surface area contributed by atoms with Crippen LogP contribution in [-0.4, -0.2) is 29.7 Å².